The van der Waals surface area contributed by atoms with Gasteiger partial charge in [-0.05, 0) is 36.8 Å². The Morgan fingerprint density at radius 3 is 2.82 bits per heavy atom. The van der Waals surface area contributed by atoms with Gasteiger partial charge in [0.05, 0.1) is 0 Å². The van der Waals surface area contributed by atoms with Gasteiger partial charge in [-0.15, -0.1) is 0 Å². The van der Waals surface area contributed by atoms with Gasteiger partial charge in [0.1, 0.15) is 5.82 Å². The van der Waals surface area contributed by atoms with Gasteiger partial charge in [0, 0.05) is 17.5 Å². The number of hydrogen-bond donors (Lipinski definition) is 1. The van der Waals surface area contributed by atoms with E-state index in [2.05, 4.69) is 21.5 Å². The zero-order valence-electron chi connectivity index (χ0n) is 10.1. The largest absolute Gasteiger partial charge is 0.369 e. The minimum absolute atomic E-state index is 0.303. The van der Waals surface area contributed by atoms with E-state index in [4.69, 9.17) is 11.6 Å². The topological polar surface area (TPSA) is 37.8 Å². The highest BCUT2D eigenvalue weighted by Crippen LogP contribution is 2.38. The second-order valence-corrected chi connectivity index (χ2v) is 6.12. The fourth-order valence-electron chi connectivity index (χ4n) is 2.33. The standard InChI is InChI=1S/C12H18ClN3S/c1-17-12(6-3-2-4-7-12)9-15-10-5-8-14-11(13)16-10/h5,8H,2-4,6-7,9H2,1H3,(H,14,15,16). The number of anilines is 1. The van der Waals surface area contributed by atoms with Gasteiger partial charge in [-0.3, -0.25) is 0 Å². The second-order valence-electron chi connectivity index (χ2n) is 4.51. The van der Waals surface area contributed by atoms with E-state index in [1.807, 2.05) is 17.8 Å². The first-order valence-corrected chi connectivity index (χ1v) is 7.62. The average molecular weight is 272 g/mol. The quantitative estimate of drug-likeness (QED) is 0.849. The molecule has 1 aliphatic rings. The maximum absolute atomic E-state index is 5.77. The Hall–Kier alpha value is -0.480. The van der Waals surface area contributed by atoms with Crippen molar-refractivity contribution in [2.75, 3.05) is 18.1 Å². The predicted molar refractivity (Wildman–Crippen MR) is 74.9 cm³/mol. The lowest BCUT2D eigenvalue weighted by atomic mass is 9.88. The van der Waals surface area contributed by atoms with Gasteiger partial charge >= 0.3 is 0 Å². The number of aromatic nitrogens is 2. The van der Waals surface area contributed by atoms with Gasteiger partial charge in [-0.1, -0.05) is 19.3 Å². The van der Waals surface area contributed by atoms with Crippen molar-refractivity contribution in [2.24, 2.45) is 0 Å². The summed E-state index contributed by atoms with van der Waals surface area (Å²) in [4.78, 5) is 8.04. The van der Waals surface area contributed by atoms with E-state index in [9.17, 15) is 0 Å². The number of halogens is 1. The minimum atomic E-state index is 0.303. The van der Waals surface area contributed by atoms with Crippen molar-refractivity contribution in [2.45, 2.75) is 36.9 Å². The molecule has 1 aromatic rings. The number of thioether (sulfide) groups is 1. The van der Waals surface area contributed by atoms with E-state index in [-0.39, 0.29) is 0 Å². The summed E-state index contributed by atoms with van der Waals surface area (Å²) >= 11 is 7.75. The molecule has 1 saturated carbocycles. The van der Waals surface area contributed by atoms with Crippen LogP contribution in [0.2, 0.25) is 5.28 Å². The Morgan fingerprint density at radius 2 is 2.18 bits per heavy atom. The molecule has 0 aromatic carbocycles. The molecule has 1 heterocycles. The minimum Gasteiger partial charge on any atom is -0.369 e. The highest BCUT2D eigenvalue weighted by Gasteiger charge is 2.30. The lowest BCUT2D eigenvalue weighted by molar-refractivity contribution is 0.411. The molecule has 2 rings (SSSR count). The SMILES string of the molecule is CSC1(CNc2ccnc(Cl)n2)CCCCC1. The van der Waals surface area contributed by atoms with Crippen LogP contribution in [-0.4, -0.2) is 27.5 Å². The predicted octanol–water partition coefficient (Wildman–Crippen LogP) is 3.61. The van der Waals surface area contributed by atoms with E-state index in [0.29, 0.717) is 10.0 Å². The third kappa shape index (κ3) is 3.49. The fraction of sp³-hybridized carbons (Fsp3) is 0.667. The van der Waals surface area contributed by atoms with E-state index in [1.54, 1.807) is 6.20 Å². The molecule has 0 spiro atoms. The van der Waals surface area contributed by atoms with Gasteiger partial charge < -0.3 is 5.32 Å². The van der Waals surface area contributed by atoms with Crippen molar-refractivity contribution in [3.63, 3.8) is 0 Å². The summed E-state index contributed by atoms with van der Waals surface area (Å²) in [6, 6.07) is 1.86. The molecule has 1 aromatic heterocycles. The van der Waals surface area contributed by atoms with E-state index < -0.39 is 0 Å². The number of hydrogen-bond acceptors (Lipinski definition) is 4. The molecule has 17 heavy (non-hydrogen) atoms. The van der Waals surface area contributed by atoms with Crippen LogP contribution in [0.5, 0.6) is 0 Å². The molecule has 0 bridgehead atoms. The summed E-state index contributed by atoms with van der Waals surface area (Å²) in [6.07, 6.45) is 10.5. The van der Waals surface area contributed by atoms with Crippen LogP contribution in [0.1, 0.15) is 32.1 Å². The molecular formula is C12H18ClN3S. The highest BCUT2D eigenvalue weighted by atomic mass is 35.5. The van der Waals surface area contributed by atoms with Crippen molar-refractivity contribution in [1.29, 1.82) is 0 Å². The van der Waals surface area contributed by atoms with Crippen LogP contribution in [-0.2, 0) is 0 Å². The number of rotatable bonds is 4. The molecule has 0 amide bonds. The molecule has 0 unspecified atom stereocenters. The molecule has 1 fully saturated rings. The van der Waals surface area contributed by atoms with Crippen LogP contribution in [0, 0.1) is 0 Å². The molecule has 94 valence electrons. The zero-order chi connectivity index (χ0) is 12.1. The van der Waals surface area contributed by atoms with Gasteiger partial charge in [0.2, 0.25) is 5.28 Å². The van der Waals surface area contributed by atoms with Crippen LogP contribution in [0.4, 0.5) is 5.82 Å². The monoisotopic (exact) mass is 271 g/mol. The summed E-state index contributed by atoms with van der Waals surface area (Å²) in [5.41, 5.74) is 0. The van der Waals surface area contributed by atoms with Crippen molar-refractivity contribution in [3.05, 3.63) is 17.5 Å². The normalized spacial score (nSPS) is 18.9. The van der Waals surface area contributed by atoms with Gasteiger partial charge in [0.15, 0.2) is 0 Å². The molecular weight excluding hydrogens is 254 g/mol. The van der Waals surface area contributed by atoms with Crippen LogP contribution < -0.4 is 5.32 Å². The smallest absolute Gasteiger partial charge is 0.224 e. The van der Waals surface area contributed by atoms with Gasteiger partial charge in [-0.2, -0.15) is 11.8 Å². The average Bonchev–Trinajstić information content (AvgIpc) is 2.38. The van der Waals surface area contributed by atoms with Gasteiger partial charge in [0.25, 0.3) is 0 Å². The Kier molecular flexibility index (Phi) is 4.51. The van der Waals surface area contributed by atoms with Crippen molar-refractivity contribution in [3.8, 4) is 0 Å². The van der Waals surface area contributed by atoms with Crippen LogP contribution >= 0.6 is 23.4 Å². The van der Waals surface area contributed by atoms with E-state index in [1.165, 1.54) is 32.1 Å². The second kappa shape index (κ2) is 5.91. The molecule has 1 aliphatic carbocycles. The third-order valence-electron chi connectivity index (χ3n) is 3.42. The first-order valence-electron chi connectivity index (χ1n) is 6.02. The molecule has 5 heteroatoms. The van der Waals surface area contributed by atoms with Crippen molar-refractivity contribution < 1.29 is 0 Å². The maximum atomic E-state index is 5.77. The van der Waals surface area contributed by atoms with Gasteiger partial charge in [-0.25, -0.2) is 9.97 Å². The molecule has 1 N–H and O–H groups in total. The lowest BCUT2D eigenvalue weighted by Gasteiger charge is -2.36. The Balaban J connectivity index is 1.95. The first-order chi connectivity index (χ1) is 8.24. The summed E-state index contributed by atoms with van der Waals surface area (Å²) in [6.45, 7) is 0.960. The molecule has 0 atom stereocenters. The lowest BCUT2D eigenvalue weighted by Crippen LogP contribution is -2.35. The van der Waals surface area contributed by atoms with E-state index >= 15 is 0 Å². The van der Waals surface area contributed by atoms with Crippen molar-refractivity contribution >= 4 is 29.2 Å². The Morgan fingerprint density at radius 1 is 1.41 bits per heavy atom. The summed E-state index contributed by atoms with van der Waals surface area (Å²) in [5.74, 6) is 0.823. The Labute approximate surface area is 112 Å². The highest BCUT2D eigenvalue weighted by molar-refractivity contribution is 8.00. The molecule has 0 aliphatic heterocycles. The molecule has 3 nitrogen and oxygen atoms in total. The van der Waals surface area contributed by atoms with Crippen LogP contribution in [0.3, 0.4) is 0 Å². The first kappa shape index (κ1) is 13.0. The Bertz CT molecular complexity index is 367. The number of nitrogens with one attached hydrogen (secondary N) is 1. The van der Waals surface area contributed by atoms with E-state index in [0.717, 1.165) is 12.4 Å². The molecule has 0 saturated heterocycles. The fourth-order valence-corrected chi connectivity index (χ4v) is 3.40. The zero-order valence-corrected chi connectivity index (χ0v) is 11.7. The third-order valence-corrected chi connectivity index (χ3v) is 5.02. The van der Waals surface area contributed by atoms with Crippen LogP contribution in [0.15, 0.2) is 12.3 Å². The number of nitrogens with zero attached hydrogens (tertiary/aromatic N) is 2. The summed E-state index contributed by atoms with van der Waals surface area (Å²) in [5, 5.41) is 3.69. The summed E-state index contributed by atoms with van der Waals surface area (Å²) in [7, 11) is 0. The maximum Gasteiger partial charge on any atom is 0.224 e. The van der Waals surface area contributed by atoms with Crippen LogP contribution in [0.25, 0.3) is 0 Å². The van der Waals surface area contributed by atoms with Crippen molar-refractivity contribution in [1.82, 2.24) is 9.97 Å². The molecule has 0 radical (unpaired) electrons. The summed E-state index contributed by atoms with van der Waals surface area (Å²) < 4.78 is 0.371.